The Kier molecular flexibility index (Phi) is 4.73. The van der Waals surface area contributed by atoms with E-state index >= 15 is 0 Å². The molecule has 1 heterocycles. The topological polar surface area (TPSA) is 67.4 Å². The van der Waals surface area contributed by atoms with Crippen LogP contribution in [0, 0.1) is 0 Å². The van der Waals surface area contributed by atoms with Crippen LogP contribution < -0.4 is 15.4 Å². The van der Waals surface area contributed by atoms with Crippen LogP contribution in [0.3, 0.4) is 0 Å². The van der Waals surface area contributed by atoms with E-state index in [1.54, 1.807) is 0 Å². The highest BCUT2D eigenvalue weighted by molar-refractivity contribution is 7.91. The predicted molar refractivity (Wildman–Crippen MR) is 88.6 cm³/mol. The third kappa shape index (κ3) is 4.57. The van der Waals surface area contributed by atoms with E-state index in [1.807, 2.05) is 38.1 Å². The molecule has 0 saturated carbocycles. The van der Waals surface area contributed by atoms with E-state index < -0.39 is 15.4 Å². The number of nitrogens with one attached hydrogen (secondary N) is 2. The highest BCUT2D eigenvalue weighted by atomic mass is 32.2. The molecule has 1 saturated heterocycles. The molecule has 0 aliphatic carbocycles. The first kappa shape index (κ1) is 16.0. The highest BCUT2D eigenvalue weighted by Gasteiger charge is 2.38. The van der Waals surface area contributed by atoms with Crippen LogP contribution >= 0.6 is 12.2 Å². The zero-order valence-corrected chi connectivity index (χ0v) is 13.8. The first-order valence-electron chi connectivity index (χ1n) is 6.84. The molecule has 2 rings (SSSR count). The fourth-order valence-electron chi connectivity index (χ4n) is 2.35. The van der Waals surface area contributed by atoms with Crippen molar-refractivity contribution in [2.45, 2.75) is 25.8 Å². The van der Waals surface area contributed by atoms with Crippen molar-refractivity contribution in [2.24, 2.45) is 0 Å². The SMILES string of the molecule is CCOc1ccc(NC(=S)N[C@@]2(C)CCS(=O)(=O)C2)cc1. The predicted octanol–water partition coefficient (Wildman–Crippen LogP) is 1.95. The van der Waals surface area contributed by atoms with Gasteiger partial charge in [0, 0.05) is 5.69 Å². The summed E-state index contributed by atoms with van der Waals surface area (Å²) < 4.78 is 28.5. The number of sulfone groups is 1. The molecule has 0 radical (unpaired) electrons. The van der Waals surface area contributed by atoms with Crippen molar-refractivity contribution in [2.75, 3.05) is 23.4 Å². The minimum atomic E-state index is -2.95. The second kappa shape index (κ2) is 6.19. The molecular formula is C14H20N2O3S2. The molecule has 21 heavy (non-hydrogen) atoms. The fourth-order valence-corrected chi connectivity index (χ4v) is 4.80. The Morgan fingerprint density at radius 1 is 1.38 bits per heavy atom. The zero-order valence-electron chi connectivity index (χ0n) is 12.2. The smallest absolute Gasteiger partial charge is 0.171 e. The summed E-state index contributed by atoms with van der Waals surface area (Å²) in [6.07, 6.45) is 0.570. The molecule has 0 amide bonds. The summed E-state index contributed by atoms with van der Waals surface area (Å²) in [5, 5.41) is 6.60. The standard InChI is InChI=1S/C14H20N2O3S2/c1-3-19-12-6-4-11(5-7-12)15-13(20)16-14(2)8-9-21(17,18)10-14/h4-7H,3,8-10H2,1-2H3,(H2,15,16,20)/t14-/m0/s1. The van der Waals surface area contributed by atoms with Crippen LogP contribution in [-0.4, -0.2) is 37.2 Å². The maximum atomic E-state index is 11.6. The molecule has 1 aromatic rings. The average Bonchev–Trinajstić information content (AvgIpc) is 2.65. The lowest BCUT2D eigenvalue weighted by molar-refractivity contribution is 0.340. The second-order valence-corrected chi connectivity index (χ2v) is 8.03. The van der Waals surface area contributed by atoms with Crippen molar-refractivity contribution in [1.82, 2.24) is 5.32 Å². The number of rotatable bonds is 4. The van der Waals surface area contributed by atoms with Gasteiger partial charge in [0.1, 0.15) is 5.75 Å². The molecule has 5 nitrogen and oxygen atoms in total. The minimum Gasteiger partial charge on any atom is -0.494 e. The van der Waals surface area contributed by atoms with Crippen LogP contribution in [0.15, 0.2) is 24.3 Å². The van der Waals surface area contributed by atoms with E-state index in [-0.39, 0.29) is 11.5 Å². The van der Waals surface area contributed by atoms with Gasteiger partial charge >= 0.3 is 0 Å². The summed E-state index contributed by atoms with van der Waals surface area (Å²) in [6.45, 7) is 4.44. The van der Waals surface area contributed by atoms with Gasteiger partial charge in [0.15, 0.2) is 14.9 Å². The molecule has 0 aromatic heterocycles. The zero-order chi connectivity index (χ0) is 15.5. The normalized spacial score (nSPS) is 23.5. The van der Waals surface area contributed by atoms with E-state index in [4.69, 9.17) is 17.0 Å². The van der Waals surface area contributed by atoms with Gasteiger partial charge in [-0.1, -0.05) is 0 Å². The summed E-state index contributed by atoms with van der Waals surface area (Å²) in [7, 11) is -2.95. The van der Waals surface area contributed by atoms with E-state index in [0.717, 1.165) is 11.4 Å². The van der Waals surface area contributed by atoms with Crippen molar-refractivity contribution in [3.8, 4) is 5.75 Å². The maximum Gasteiger partial charge on any atom is 0.171 e. The molecule has 7 heteroatoms. The molecule has 0 unspecified atom stereocenters. The number of ether oxygens (including phenoxy) is 1. The number of hydrogen-bond acceptors (Lipinski definition) is 4. The molecule has 1 fully saturated rings. The van der Waals surface area contributed by atoms with Crippen LogP contribution in [0.1, 0.15) is 20.3 Å². The molecule has 2 N–H and O–H groups in total. The molecule has 1 atom stereocenters. The van der Waals surface area contributed by atoms with Gasteiger partial charge < -0.3 is 15.4 Å². The molecule has 1 aliphatic rings. The Labute approximate surface area is 131 Å². The van der Waals surface area contributed by atoms with Crippen molar-refractivity contribution in [1.29, 1.82) is 0 Å². The first-order valence-corrected chi connectivity index (χ1v) is 9.07. The number of benzene rings is 1. The molecular weight excluding hydrogens is 308 g/mol. The van der Waals surface area contributed by atoms with Crippen molar-refractivity contribution >= 4 is 32.9 Å². The molecule has 1 aliphatic heterocycles. The maximum absolute atomic E-state index is 11.6. The van der Waals surface area contributed by atoms with Crippen LogP contribution in [0.2, 0.25) is 0 Å². The van der Waals surface area contributed by atoms with Gasteiger partial charge in [-0.25, -0.2) is 8.42 Å². The minimum absolute atomic E-state index is 0.116. The summed E-state index contributed by atoms with van der Waals surface area (Å²) in [4.78, 5) is 0. The van der Waals surface area contributed by atoms with Gasteiger partial charge in [-0.05, 0) is 56.8 Å². The highest BCUT2D eigenvalue weighted by Crippen LogP contribution is 2.23. The van der Waals surface area contributed by atoms with Gasteiger partial charge in [-0.2, -0.15) is 0 Å². The Morgan fingerprint density at radius 3 is 2.57 bits per heavy atom. The van der Waals surface area contributed by atoms with Gasteiger partial charge in [0.2, 0.25) is 0 Å². The number of thiocarbonyl (C=S) groups is 1. The van der Waals surface area contributed by atoms with Gasteiger partial charge in [-0.15, -0.1) is 0 Å². The summed E-state index contributed by atoms with van der Waals surface area (Å²) in [5.74, 6) is 1.13. The van der Waals surface area contributed by atoms with Crippen molar-refractivity contribution < 1.29 is 13.2 Å². The van der Waals surface area contributed by atoms with Crippen molar-refractivity contribution in [3.63, 3.8) is 0 Å². The lowest BCUT2D eigenvalue weighted by Gasteiger charge is -2.26. The lowest BCUT2D eigenvalue weighted by atomic mass is 10.0. The Hall–Kier alpha value is -1.34. The van der Waals surface area contributed by atoms with Gasteiger partial charge in [0.05, 0.1) is 23.7 Å². The van der Waals surface area contributed by atoms with Crippen LogP contribution in [-0.2, 0) is 9.84 Å². The van der Waals surface area contributed by atoms with Crippen LogP contribution in [0.4, 0.5) is 5.69 Å². The second-order valence-electron chi connectivity index (χ2n) is 5.44. The third-order valence-corrected chi connectivity index (χ3v) is 5.45. The van der Waals surface area contributed by atoms with Gasteiger partial charge in [-0.3, -0.25) is 0 Å². The first-order chi connectivity index (χ1) is 9.82. The quantitative estimate of drug-likeness (QED) is 0.824. The largest absolute Gasteiger partial charge is 0.494 e. The number of anilines is 1. The van der Waals surface area contributed by atoms with Gasteiger partial charge in [0.25, 0.3) is 0 Å². The fraction of sp³-hybridized carbons (Fsp3) is 0.500. The monoisotopic (exact) mass is 328 g/mol. The Bertz CT molecular complexity index is 614. The van der Waals surface area contributed by atoms with E-state index in [0.29, 0.717) is 18.1 Å². The summed E-state index contributed by atoms with van der Waals surface area (Å²) >= 11 is 5.26. The van der Waals surface area contributed by atoms with E-state index in [9.17, 15) is 8.42 Å². The van der Waals surface area contributed by atoms with E-state index in [1.165, 1.54) is 0 Å². The lowest BCUT2D eigenvalue weighted by Crippen LogP contribution is -2.48. The summed E-state index contributed by atoms with van der Waals surface area (Å²) in [6, 6.07) is 7.45. The Balaban J connectivity index is 1.93. The van der Waals surface area contributed by atoms with Crippen LogP contribution in [0.25, 0.3) is 0 Å². The average molecular weight is 328 g/mol. The molecule has 0 spiro atoms. The van der Waals surface area contributed by atoms with Crippen molar-refractivity contribution in [3.05, 3.63) is 24.3 Å². The molecule has 0 bridgehead atoms. The molecule has 1 aromatic carbocycles. The molecule has 116 valence electrons. The summed E-state index contributed by atoms with van der Waals surface area (Å²) in [5.41, 5.74) is 0.342. The number of hydrogen-bond donors (Lipinski definition) is 2. The van der Waals surface area contributed by atoms with Crippen LogP contribution in [0.5, 0.6) is 5.75 Å². The Morgan fingerprint density at radius 2 is 2.05 bits per heavy atom. The third-order valence-electron chi connectivity index (χ3n) is 3.34. The van der Waals surface area contributed by atoms with E-state index in [2.05, 4.69) is 10.6 Å².